The van der Waals surface area contributed by atoms with Crippen molar-refractivity contribution in [2.75, 3.05) is 13.2 Å². The SMILES string of the molecule is c1ccc(COC[C@H]2OC[C@@H](n3cccc3)[C@@H](OCc3ccccc3)[C@H]2OCc2ccccc2)cc1. The summed E-state index contributed by atoms with van der Waals surface area (Å²) in [7, 11) is 0. The van der Waals surface area contributed by atoms with Crippen LogP contribution in [0.1, 0.15) is 22.7 Å². The fourth-order valence-electron chi connectivity index (χ4n) is 4.62. The first-order valence-corrected chi connectivity index (χ1v) is 12.5. The molecule has 186 valence electrons. The molecule has 1 saturated heterocycles. The zero-order valence-corrected chi connectivity index (χ0v) is 20.4. The number of rotatable bonds is 11. The van der Waals surface area contributed by atoms with Crippen LogP contribution in [0, 0.1) is 0 Å². The summed E-state index contributed by atoms with van der Waals surface area (Å²) in [6.07, 6.45) is 3.37. The van der Waals surface area contributed by atoms with Crippen LogP contribution in [0.4, 0.5) is 0 Å². The van der Waals surface area contributed by atoms with Gasteiger partial charge in [-0.05, 0) is 28.8 Å². The van der Waals surface area contributed by atoms with E-state index in [-0.39, 0.29) is 24.4 Å². The molecule has 0 radical (unpaired) electrons. The topological polar surface area (TPSA) is 41.9 Å². The molecule has 0 N–H and O–H groups in total. The lowest BCUT2D eigenvalue weighted by atomic mass is 9.97. The van der Waals surface area contributed by atoms with Crippen molar-refractivity contribution in [3.63, 3.8) is 0 Å². The Morgan fingerprint density at radius 1 is 0.611 bits per heavy atom. The Kier molecular flexibility index (Phi) is 8.60. The van der Waals surface area contributed by atoms with Gasteiger partial charge in [-0.2, -0.15) is 0 Å². The van der Waals surface area contributed by atoms with Gasteiger partial charge in [-0.3, -0.25) is 0 Å². The first-order valence-electron chi connectivity index (χ1n) is 12.5. The molecule has 1 aliphatic heterocycles. The second kappa shape index (κ2) is 12.7. The van der Waals surface area contributed by atoms with Gasteiger partial charge in [0.2, 0.25) is 0 Å². The zero-order chi connectivity index (χ0) is 24.4. The zero-order valence-electron chi connectivity index (χ0n) is 20.4. The second-order valence-corrected chi connectivity index (χ2v) is 9.09. The summed E-state index contributed by atoms with van der Waals surface area (Å²) in [6, 6.07) is 34.8. The summed E-state index contributed by atoms with van der Waals surface area (Å²) in [5, 5.41) is 0. The Hall–Kier alpha value is -3.22. The predicted molar refractivity (Wildman–Crippen MR) is 139 cm³/mol. The Labute approximate surface area is 213 Å². The van der Waals surface area contributed by atoms with Crippen LogP contribution in [0.15, 0.2) is 116 Å². The highest BCUT2D eigenvalue weighted by atomic mass is 16.6. The monoisotopic (exact) mass is 483 g/mol. The van der Waals surface area contributed by atoms with E-state index in [0.717, 1.165) is 16.7 Å². The van der Waals surface area contributed by atoms with Crippen molar-refractivity contribution in [1.29, 1.82) is 0 Å². The molecule has 3 aromatic carbocycles. The van der Waals surface area contributed by atoms with Crippen LogP contribution in [0.5, 0.6) is 0 Å². The maximum Gasteiger partial charge on any atom is 0.115 e. The van der Waals surface area contributed by atoms with Crippen molar-refractivity contribution in [1.82, 2.24) is 4.57 Å². The van der Waals surface area contributed by atoms with E-state index in [4.69, 9.17) is 18.9 Å². The molecule has 0 unspecified atom stereocenters. The van der Waals surface area contributed by atoms with Crippen molar-refractivity contribution in [2.24, 2.45) is 0 Å². The summed E-state index contributed by atoms with van der Waals surface area (Å²) < 4.78 is 27.8. The molecule has 5 heteroatoms. The first-order chi connectivity index (χ1) is 17.9. The molecule has 5 rings (SSSR count). The average molecular weight is 484 g/mol. The predicted octanol–water partition coefficient (Wildman–Crippen LogP) is 5.82. The van der Waals surface area contributed by atoms with Crippen molar-refractivity contribution in [2.45, 2.75) is 44.2 Å². The molecule has 0 saturated carbocycles. The highest BCUT2D eigenvalue weighted by Crippen LogP contribution is 2.31. The lowest BCUT2D eigenvalue weighted by molar-refractivity contribution is -0.215. The molecule has 0 bridgehead atoms. The lowest BCUT2D eigenvalue weighted by Gasteiger charge is -2.43. The van der Waals surface area contributed by atoms with Crippen LogP contribution in [-0.2, 0) is 38.8 Å². The van der Waals surface area contributed by atoms with Gasteiger partial charge in [0.1, 0.15) is 18.3 Å². The van der Waals surface area contributed by atoms with Crippen molar-refractivity contribution in [3.05, 3.63) is 132 Å². The molecular weight excluding hydrogens is 450 g/mol. The summed E-state index contributed by atoms with van der Waals surface area (Å²) in [6.45, 7) is 2.47. The van der Waals surface area contributed by atoms with Crippen molar-refractivity contribution >= 4 is 0 Å². The van der Waals surface area contributed by atoms with Gasteiger partial charge in [-0.1, -0.05) is 91.0 Å². The van der Waals surface area contributed by atoms with E-state index in [0.29, 0.717) is 33.0 Å². The summed E-state index contributed by atoms with van der Waals surface area (Å²) in [4.78, 5) is 0. The normalized spacial score (nSPS) is 21.9. The van der Waals surface area contributed by atoms with E-state index in [1.807, 2.05) is 66.7 Å². The van der Waals surface area contributed by atoms with Gasteiger partial charge >= 0.3 is 0 Å². The quantitative estimate of drug-likeness (QED) is 0.270. The van der Waals surface area contributed by atoms with Crippen LogP contribution in [0.25, 0.3) is 0 Å². The summed E-state index contributed by atoms with van der Waals surface area (Å²) in [5.41, 5.74) is 3.39. The number of benzene rings is 3. The standard InChI is InChI=1S/C31H33NO4/c1-4-12-25(13-5-1)20-33-24-29-31(36-22-27-16-8-3-9-17-27)30(35-21-26-14-6-2-7-15-26)28(23-34-29)32-18-10-11-19-32/h1-19,28-31H,20-24H2/t28-,29-,30-,31+/m1/s1. The van der Waals surface area contributed by atoms with Gasteiger partial charge in [0.25, 0.3) is 0 Å². The van der Waals surface area contributed by atoms with Gasteiger partial charge in [0, 0.05) is 12.4 Å². The molecule has 1 aliphatic rings. The van der Waals surface area contributed by atoms with Crippen LogP contribution < -0.4 is 0 Å². The van der Waals surface area contributed by atoms with Gasteiger partial charge in [0.15, 0.2) is 0 Å². The maximum atomic E-state index is 6.62. The number of hydrogen-bond donors (Lipinski definition) is 0. The average Bonchev–Trinajstić information content (AvgIpc) is 3.48. The molecule has 0 amide bonds. The molecule has 2 heterocycles. The number of hydrogen-bond acceptors (Lipinski definition) is 4. The van der Waals surface area contributed by atoms with E-state index >= 15 is 0 Å². The molecule has 36 heavy (non-hydrogen) atoms. The number of nitrogens with zero attached hydrogens (tertiary/aromatic N) is 1. The fourth-order valence-corrected chi connectivity index (χ4v) is 4.62. The van der Waals surface area contributed by atoms with Gasteiger partial charge in [-0.15, -0.1) is 0 Å². The minimum absolute atomic E-state index is 0.00476. The third-order valence-electron chi connectivity index (χ3n) is 6.53. The van der Waals surface area contributed by atoms with Gasteiger partial charge in [0.05, 0.1) is 39.1 Å². The Bertz CT molecular complexity index is 1140. The van der Waals surface area contributed by atoms with Crippen LogP contribution >= 0.6 is 0 Å². The van der Waals surface area contributed by atoms with E-state index in [9.17, 15) is 0 Å². The maximum absolute atomic E-state index is 6.62. The fraction of sp³-hybridized carbons (Fsp3) is 0.290. The summed E-state index contributed by atoms with van der Waals surface area (Å²) >= 11 is 0. The lowest BCUT2D eigenvalue weighted by Crippen LogP contribution is -2.54. The third-order valence-corrected chi connectivity index (χ3v) is 6.53. The molecule has 4 aromatic rings. The third kappa shape index (κ3) is 6.50. The van der Waals surface area contributed by atoms with E-state index < -0.39 is 0 Å². The largest absolute Gasteiger partial charge is 0.374 e. The molecule has 1 fully saturated rings. The first kappa shape index (κ1) is 24.5. The number of aromatic nitrogens is 1. The Morgan fingerprint density at radius 2 is 1.11 bits per heavy atom. The van der Waals surface area contributed by atoms with E-state index in [2.05, 4.69) is 53.4 Å². The Balaban J connectivity index is 1.35. The minimum Gasteiger partial charge on any atom is -0.374 e. The van der Waals surface area contributed by atoms with Crippen LogP contribution in [-0.4, -0.2) is 36.1 Å². The molecule has 0 aliphatic carbocycles. The smallest absolute Gasteiger partial charge is 0.115 e. The molecule has 0 spiro atoms. The van der Waals surface area contributed by atoms with Crippen molar-refractivity contribution < 1.29 is 18.9 Å². The molecule has 5 nitrogen and oxygen atoms in total. The highest BCUT2D eigenvalue weighted by Gasteiger charge is 2.43. The summed E-state index contributed by atoms with van der Waals surface area (Å²) in [5.74, 6) is 0. The molecular formula is C31H33NO4. The van der Waals surface area contributed by atoms with Crippen molar-refractivity contribution in [3.8, 4) is 0 Å². The van der Waals surface area contributed by atoms with Crippen LogP contribution in [0.3, 0.4) is 0 Å². The van der Waals surface area contributed by atoms with Gasteiger partial charge < -0.3 is 23.5 Å². The Morgan fingerprint density at radius 3 is 1.67 bits per heavy atom. The van der Waals surface area contributed by atoms with Gasteiger partial charge in [-0.25, -0.2) is 0 Å². The van der Waals surface area contributed by atoms with E-state index in [1.165, 1.54) is 0 Å². The molecule has 1 aromatic heterocycles. The van der Waals surface area contributed by atoms with Crippen LogP contribution in [0.2, 0.25) is 0 Å². The minimum atomic E-state index is -0.300. The number of ether oxygens (including phenoxy) is 4. The molecule has 4 atom stereocenters. The highest BCUT2D eigenvalue weighted by molar-refractivity contribution is 5.15. The van der Waals surface area contributed by atoms with E-state index in [1.54, 1.807) is 0 Å². The second-order valence-electron chi connectivity index (χ2n) is 9.09.